The van der Waals surface area contributed by atoms with Crippen LogP contribution in [0.4, 0.5) is 0 Å². The zero-order valence-electron chi connectivity index (χ0n) is 13.7. The average molecular weight is 337 g/mol. The van der Waals surface area contributed by atoms with Gasteiger partial charge in [-0.25, -0.2) is 0 Å². The number of carbonyl (C=O) groups is 2. The Balaban J connectivity index is 1.77. The number of hydrogen-bond acceptors (Lipinski definition) is 2. The van der Waals surface area contributed by atoms with Gasteiger partial charge >= 0.3 is 0 Å². The number of amides is 2. The molecule has 23 heavy (non-hydrogen) atoms. The molecule has 1 aliphatic heterocycles. The molecule has 4 nitrogen and oxygen atoms in total. The van der Waals surface area contributed by atoms with Crippen molar-refractivity contribution in [2.75, 3.05) is 19.6 Å². The van der Waals surface area contributed by atoms with Gasteiger partial charge in [-0.2, -0.15) is 0 Å². The van der Waals surface area contributed by atoms with Crippen molar-refractivity contribution >= 4 is 23.4 Å². The minimum Gasteiger partial charge on any atom is -0.356 e. The summed E-state index contributed by atoms with van der Waals surface area (Å²) in [6.45, 7) is 4.28. The van der Waals surface area contributed by atoms with E-state index in [-0.39, 0.29) is 11.8 Å². The Labute approximate surface area is 143 Å². The van der Waals surface area contributed by atoms with Crippen LogP contribution >= 0.6 is 11.6 Å². The van der Waals surface area contributed by atoms with E-state index in [1.54, 1.807) is 12.1 Å². The van der Waals surface area contributed by atoms with Gasteiger partial charge in [-0.05, 0) is 43.7 Å². The molecule has 2 rings (SSSR count). The summed E-state index contributed by atoms with van der Waals surface area (Å²) in [6.07, 6.45) is 4.37. The number of hydrogen-bond donors (Lipinski definition) is 1. The first-order valence-electron chi connectivity index (χ1n) is 8.42. The molecule has 0 radical (unpaired) electrons. The summed E-state index contributed by atoms with van der Waals surface area (Å²) >= 11 is 6.10. The minimum absolute atomic E-state index is 0.00902. The molecule has 5 heteroatoms. The lowest BCUT2D eigenvalue weighted by atomic mass is 9.91. The smallest absolute Gasteiger partial charge is 0.255 e. The van der Waals surface area contributed by atoms with Crippen molar-refractivity contribution < 1.29 is 9.59 Å². The van der Waals surface area contributed by atoms with Crippen LogP contribution < -0.4 is 5.32 Å². The fourth-order valence-corrected chi connectivity index (χ4v) is 3.13. The quantitative estimate of drug-likeness (QED) is 0.864. The van der Waals surface area contributed by atoms with Crippen LogP contribution in [0, 0.1) is 5.92 Å². The van der Waals surface area contributed by atoms with Crippen LogP contribution in [0.15, 0.2) is 24.3 Å². The molecule has 0 bridgehead atoms. The summed E-state index contributed by atoms with van der Waals surface area (Å²) in [6, 6.07) is 7.18. The van der Waals surface area contributed by atoms with Gasteiger partial charge in [0, 0.05) is 26.1 Å². The summed E-state index contributed by atoms with van der Waals surface area (Å²) < 4.78 is 0. The number of piperidine rings is 1. The topological polar surface area (TPSA) is 49.4 Å². The second kappa shape index (κ2) is 8.92. The van der Waals surface area contributed by atoms with Gasteiger partial charge in [-0.15, -0.1) is 0 Å². The number of nitrogens with zero attached hydrogens (tertiary/aromatic N) is 1. The fourth-order valence-electron chi connectivity index (χ4n) is 2.92. The molecule has 1 aromatic rings. The fraction of sp³-hybridized carbons (Fsp3) is 0.556. The Kier molecular flexibility index (Phi) is 6.90. The first kappa shape index (κ1) is 17.8. The molecule has 1 heterocycles. The Morgan fingerprint density at radius 2 is 1.96 bits per heavy atom. The molecule has 0 saturated carbocycles. The molecule has 0 atom stereocenters. The number of carbonyl (C=O) groups excluding carboxylic acids is 2. The third-order valence-corrected chi connectivity index (χ3v) is 4.69. The second-order valence-corrected chi connectivity index (χ2v) is 6.51. The molecule has 0 aliphatic carbocycles. The Bertz CT molecular complexity index is 540. The van der Waals surface area contributed by atoms with Crippen molar-refractivity contribution in [3.8, 4) is 0 Å². The van der Waals surface area contributed by atoms with E-state index in [4.69, 9.17) is 11.6 Å². The number of halogens is 1. The van der Waals surface area contributed by atoms with E-state index in [1.165, 1.54) is 0 Å². The first-order valence-corrected chi connectivity index (χ1v) is 8.80. The van der Waals surface area contributed by atoms with Gasteiger partial charge in [0.2, 0.25) is 5.91 Å². The summed E-state index contributed by atoms with van der Waals surface area (Å²) in [4.78, 5) is 26.0. The summed E-state index contributed by atoms with van der Waals surface area (Å²) in [5, 5.41) is 3.42. The van der Waals surface area contributed by atoms with Crippen molar-refractivity contribution in [3.63, 3.8) is 0 Å². The lowest BCUT2D eigenvalue weighted by molar-refractivity contribution is -0.121. The van der Waals surface area contributed by atoms with Crippen LogP contribution in [-0.2, 0) is 4.79 Å². The molecule has 2 amide bonds. The van der Waals surface area contributed by atoms with E-state index in [0.29, 0.717) is 22.9 Å². The van der Waals surface area contributed by atoms with Crippen molar-refractivity contribution in [2.45, 2.75) is 39.0 Å². The molecular formula is C18H25ClN2O2. The van der Waals surface area contributed by atoms with Crippen LogP contribution in [0.5, 0.6) is 0 Å². The largest absolute Gasteiger partial charge is 0.356 e. The predicted molar refractivity (Wildman–Crippen MR) is 92.6 cm³/mol. The highest BCUT2D eigenvalue weighted by molar-refractivity contribution is 6.33. The Morgan fingerprint density at radius 1 is 1.26 bits per heavy atom. The average Bonchev–Trinajstić information content (AvgIpc) is 2.58. The molecule has 1 saturated heterocycles. The molecule has 126 valence electrons. The molecular weight excluding hydrogens is 312 g/mol. The number of rotatable bonds is 6. The number of nitrogens with one attached hydrogen (secondary N) is 1. The van der Waals surface area contributed by atoms with E-state index >= 15 is 0 Å². The third kappa shape index (κ3) is 5.24. The molecule has 1 aliphatic rings. The summed E-state index contributed by atoms with van der Waals surface area (Å²) in [7, 11) is 0. The molecule has 1 aromatic carbocycles. The van der Waals surface area contributed by atoms with Gasteiger partial charge in [-0.3, -0.25) is 9.59 Å². The predicted octanol–water partition coefficient (Wildman–Crippen LogP) is 3.50. The second-order valence-electron chi connectivity index (χ2n) is 6.10. The highest BCUT2D eigenvalue weighted by Gasteiger charge is 2.24. The molecule has 0 unspecified atom stereocenters. The van der Waals surface area contributed by atoms with Crippen LogP contribution in [0.2, 0.25) is 5.02 Å². The maximum absolute atomic E-state index is 12.5. The normalized spacial score (nSPS) is 15.5. The van der Waals surface area contributed by atoms with Gasteiger partial charge in [0.05, 0.1) is 10.6 Å². The molecule has 0 spiro atoms. The number of likely N-dealkylation sites (tertiary alicyclic amines) is 1. The van der Waals surface area contributed by atoms with E-state index < -0.39 is 0 Å². The van der Waals surface area contributed by atoms with Crippen molar-refractivity contribution in [1.29, 1.82) is 0 Å². The molecule has 1 fully saturated rings. The SMILES string of the molecule is CCCNC(=O)CCC1CCN(C(=O)c2ccccc2Cl)CC1. The van der Waals surface area contributed by atoms with Gasteiger partial charge in [0.15, 0.2) is 0 Å². The zero-order valence-corrected chi connectivity index (χ0v) is 14.4. The van der Waals surface area contributed by atoms with E-state index in [0.717, 1.165) is 45.3 Å². The van der Waals surface area contributed by atoms with Gasteiger partial charge in [-0.1, -0.05) is 30.7 Å². The van der Waals surface area contributed by atoms with Crippen LogP contribution in [0.25, 0.3) is 0 Å². The highest BCUT2D eigenvalue weighted by Crippen LogP contribution is 2.24. The molecule has 1 N–H and O–H groups in total. The van der Waals surface area contributed by atoms with Crippen LogP contribution in [-0.4, -0.2) is 36.3 Å². The number of benzene rings is 1. The van der Waals surface area contributed by atoms with E-state index in [1.807, 2.05) is 24.0 Å². The lowest BCUT2D eigenvalue weighted by Crippen LogP contribution is -2.38. The highest BCUT2D eigenvalue weighted by atomic mass is 35.5. The summed E-state index contributed by atoms with van der Waals surface area (Å²) in [5.41, 5.74) is 0.576. The lowest BCUT2D eigenvalue weighted by Gasteiger charge is -2.32. The first-order chi connectivity index (χ1) is 11.1. The Hall–Kier alpha value is -1.55. The zero-order chi connectivity index (χ0) is 16.7. The van der Waals surface area contributed by atoms with E-state index in [9.17, 15) is 9.59 Å². The van der Waals surface area contributed by atoms with Crippen molar-refractivity contribution in [1.82, 2.24) is 10.2 Å². The standard InChI is InChI=1S/C18H25ClN2O2/c1-2-11-20-17(22)8-7-14-9-12-21(13-10-14)18(23)15-5-3-4-6-16(15)19/h3-6,14H,2,7-13H2,1H3,(H,20,22). The molecule has 0 aromatic heterocycles. The van der Waals surface area contributed by atoms with E-state index in [2.05, 4.69) is 5.32 Å². The van der Waals surface area contributed by atoms with Crippen LogP contribution in [0.1, 0.15) is 49.4 Å². The minimum atomic E-state index is 0.00902. The summed E-state index contributed by atoms with van der Waals surface area (Å²) in [5.74, 6) is 0.675. The van der Waals surface area contributed by atoms with Crippen molar-refractivity contribution in [2.24, 2.45) is 5.92 Å². The maximum Gasteiger partial charge on any atom is 0.255 e. The maximum atomic E-state index is 12.5. The Morgan fingerprint density at radius 3 is 2.61 bits per heavy atom. The monoisotopic (exact) mass is 336 g/mol. The van der Waals surface area contributed by atoms with Crippen molar-refractivity contribution in [3.05, 3.63) is 34.9 Å². The van der Waals surface area contributed by atoms with Gasteiger partial charge in [0.1, 0.15) is 0 Å². The third-order valence-electron chi connectivity index (χ3n) is 4.36. The van der Waals surface area contributed by atoms with Gasteiger partial charge < -0.3 is 10.2 Å². The van der Waals surface area contributed by atoms with Crippen LogP contribution in [0.3, 0.4) is 0 Å². The van der Waals surface area contributed by atoms with Gasteiger partial charge in [0.25, 0.3) is 5.91 Å².